The van der Waals surface area contributed by atoms with E-state index in [0.717, 1.165) is 23.1 Å². The molecule has 39 heavy (non-hydrogen) atoms. The Morgan fingerprint density at radius 2 is 1.56 bits per heavy atom. The molecule has 0 aliphatic carbocycles. The first-order valence-corrected chi connectivity index (χ1v) is 12.2. The summed E-state index contributed by atoms with van der Waals surface area (Å²) >= 11 is 0. The largest absolute Gasteiger partial charge is 0.490 e. The Bertz CT molecular complexity index is 1280. The summed E-state index contributed by atoms with van der Waals surface area (Å²) < 4.78 is 50.2. The molecule has 0 bridgehead atoms. The molecular weight excluding hydrogens is 524 g/mol. The predicted octanol–water partition coefficient (Wildman–Crippen LogP) is 3.81. The fourth-order valence-electron chi connectivity index (χ4n) is 6.09. The summed E-state index contributed by atoms with van der Waals surface area (Å²) in [6.45, 7) is 2.69. The predicted molar refractivity (Wildman–Crippen MR) is 128 cm³/mol. The van der Waals surface area contributed by atoms with Crippen molar-refractivity contribution < 1.29 is 46.6 Å². The Morgan fingerprint density at radius 3 is 2.05 bits per heavy atom. The van der Waals surface area contributed by atoms with Gasteiger partial charge < -0.3 is 9.84 Å². The number of carbonyl (C=O) groups is 4. The number of nitrogens with zero attached hydrogens (tertiary/aromatic N) is 2. The molecule has 2 aromatic rings. The van der Waals surface area contributed by atoms with E-state index in [2.05, 4.69) is 0 Å². The molecule has 3 fully saturated rings. The number of rotatable bonds is 4. The number of carbonyl (C=O) groups excluding carboxylic acids is 3. The molecule has 3 unspecified atom stereocenters. The molecule has 8 nitrogen and oxygen atoms in total. The molecule has 0 radical (unpaired) electrons. The number of halogens is 4. The molecule has 12 heteroatoms. The van der Waals surface area contributed by atoms with Gasteiger partial charge in [0.25, 0.3) is 0 Å². The smallest absolute Gasteiger partial charge is 0.475 e. The van der Waals surface area contributed by atoms with Gasteiger partial charge in [0.2, 0.25) is 11.8 Å². The van der Waals surface area contributed by atoms with Crippen molar-refractivity contribution in [2.24, 2.45) is 11.8 Å². The van der Waals surface area contributed by atoms with Crippen molar-refractivity contribution >= 4 is 23.8 Å². The van der Waals surface area contributed by atoms with Crippen LogP contribution in [0.3, 0.4) is 0 Å². The van der Waals surface area contributed by atoms with Crippen LogP contribution in [0.5, 0.6) is 0 Å². The Labute approximate surface area is 221 Å². The first-order chi connectivity index (χ1) is 18.4. The number of methoxy groups -OCH3 is 1. The minimum Gasteiger partial charge on any atom is -0.475 e. The standard InChI is InChI=1S/C25H25FN2O4.C2HF3O2/c1-3-27-22(29)19-20(23(27)30)25(24(31)32-2)13-4-14-28(25)21(19)17-7-5-15(6-8-17)16-9-11-18(26)12-10-16;3-2(4,5)1(6)7/h5-12,19-21H,3-4,13-14H2,1-2H3;(H,6,7)/t19?,20?,21?,25-;/m0./s1. The number of benzene rings is 2. The number of esters is 1. The number of imide groups is 1. The molecule has 4 atom stereocenters. The fraction of sp³-hybridized carbons (Fsp3) is 0.407. The summed E-state index contributed by atoms with van der Waals surface area (Å²) in [4.78, 5) is 51.9. The number of ether oxygens (including phenoxy) is 1. The Morgan fingerprint density at radius 1 is 1.03 bits per heavy atom. The average Bonchev–Trinajstić information content (AvgIpc) is 3.52. The lowest BCUT2D eigenvalue weighted by molar-refractivity contribution is -0.192. The minimum absolute atomic E-state index is 0.215. The third-order valence-corrected chi connectivity index (χ3v) is 7.63. The second-order valence-electron chi connectivity index (χ2n) is 9.51. The van der Waals surface area contributed by atoms with Crippen molar-refractivity contribution in [3.8, 4) is 11.1 Å². The molecule has 3 saturated heterocycles. The number of carboxylic acids is 1. The van der Waals surface area contributed by atoms with Gasteiger partial charge in [-0.2, -0.15) is 13.2 Å². The molecular formula is C27H26F4N2O6. The van der Waals surface area contributed by atoms with Crippen molar-refractivity contribution in [1.29, 1.82) is 0 Å². The number of likely N-dealkylation sites (tertiary alicyclic amines) is 1. The molecule has 0 spiro atoms. The number of aliphatic carboxylic acids is 1. The van der Waals surface area contributed by atoms with Crippen LogP contribution in [0.1, 0.15) is 31.4 Å². The molecule has 2 aromatic carbocycles. The van der Waals surface area contributed by atoms with Crippen molar-refractivity contribution in [3.63, 3.8) is 0 Å². The summed E-state index contributed by atoms with van der Waals surface area (Å²) in [7, 11) is 1.34. The van der Waals surface area contributed by atoms with E-state index in [-0.39, 0.29) is 30.2 Å². The molecule has 3 aliphatic heterocycles. The van der Waals surface area contributed by atoms with Crippen molar-refractivity contribution in [2.45, 2.75) is 37.5 Å². The van der Waals surface area contributed by atoms with E-state index in [1.165, 1.54) is 24.1 Å². The third kappa shape index (κ3) is 4.66. The molecule has 0 saturated carbocycles. The second-order valence-corrected chi connectivity index (χ2v) is 9.51. The normalized spacial score (nSPS) is 26.1. The molecule has 0 aromatic heterocycles. The van der Waals surface area contributed by atoms with Crippen LogP contribution in [0.4, 0.5) is 17.6 Å². The maximum atomic E-state index is 13.3. The third-order valence-electron chi connectivity index (χ3n) is 7.63. The van der Waals surface area contributed by atoms with Crippen LogP contribution in [0.15, 0.2) is 48.5 Å². The highest BCUT2D eigenvalue weighted by molar-refractivity contribution is 6.09. The average molecular weight is 551 g/mol. The van der Waals surface area contributed by atoms with Crippen LogP contribution in [0, 0.1) is 17.7 Å². The summed E-state index contributed by atoms with van der Waals surface area (Å²) in [5.74, 6) is -5.31. The fourth-order valence-corrected chi connectivity index (χ4v) is 6.09. The monoisotopic (exact) mass is 550 g/mol. The van der Waals surface area contributed by atoms with E-state index < -0.39 is 35.5 Å². The van der Waals surface area contributed by atoms with Crippen LogP contribution in [0.2, 0.25) is 0 Å². The first kappa shape index (κ1) is 28.2. The molecule has 5 rings (SSSR count). The molecule has 1 N–H and O–H groups in total. The van der Waals surface area contributed by atoms with Gasteiger partial charge in [0.1, 0.15) is 11.4 Å². The molecule has 3 heterocycles. The zero-order chi connectivity index (χ0) is 28.7. The van der Waals surface area contributed by atoms with Crippen molar-refractivity contribution in [1.82, 2.24) is 9.80 Å². The zero-order valence-electron chi connectivity index (χ0n) is 21.1. The number of hydrogen-bond donors (Lipinski definition) is 1. The van der Waals surface area contributed by atoms with Crippen molar-refractivity contribution in [3.05, 3.63) is 59.9 Å². The van der Waals surface area contributed by atoms with E-state index in [1.807, 2.05) is 29.2 Å². The van der Waals surface area contributed by atoms with Crippen LogP contribution in [-0.4, -0.2) is 70.6 Å². The van der Waals surface area contributed by atoms with E-state index in [9.17, 15) is 31.9 Å². The molecule has 3 aliphatic rings. The molecule has 208 valence electrons. The maximum Gasteiger partial charge on any atom is 0.490 e. The SMILES string of the molecule is CCN1C(=O)C2C(c3ccc(-c4ccc(F)cc4)cc3)N3CCC[C@@]3(C(=O)OC)C2C1=O.O=C(O)C(F)(F)F. The van der Waals surface area contributed by atoms with Gasteiger partial charge in [-0.3, -0.25) is 24.2 Å². The lowest BCUT2D eigenvalue weighted by Gasteiger charge is -2.36. The van der Waals surface area contributed by atoms with Crippen molar-refractivity contribution in [2.75, 3.05) is 20.2 Å². The summed E-state index contributed by atoms with van der Waals surface area (Å²) in [5.41, 5.74) is 1.60. The van der Waals surface area contributed by atoms with Crippen LogP contribution >= 0.6 is 0 Å². The van der Waals surface area contributed by atoms with Gasteiger partial charge in [-0.15, -0.1) is 0 Å². The van der Waals surface area contributed by atoms with Crippen LogP contribution in [0.25, 0.3) is 11.1 Å². The lowest BCUT2D eigenvalue weighted by atomic mass is 9.77. The minimum atomic E-state index is -5.08. The van der Waals surface area contributed by atoms with E-state index in [0.29, 0.717) is 13.0 Å². The highest BCUT2D eigenvalue weighted by Gasteiger charge is 2.73. The Kier molecular flexibility index (Phi) is 7.53. The Hall–Kier alpha value is -3.80. The zero-order valence-corrected chi connectivity index (χ0v) is 21.1. The van der Waals surface area contributed by atoms with Gasteiger partial charge in [0.15, 0.2) is 0 Å². The second kappa shape index (κ2) is 10.4. The van der Waals surface area contributed by atoms with Crippen LogP contribution in [-0.2, 0) is 23.9 Å². The van der Waals surface area contributed by atoms with Gasteiger partial charge in [0, 0.05) is 12.6 Å². The van der Waals surface area contributed by atoms with Gasteiger partial charge >= 0.3 is 18.1 Å². The van der Waals surface area contributed by atoms with Gasteiger partial charge in [-0.05, 0) is 55.1 Å². The highest BCUT2D eigenvalue weighted by atomic mass is 19.4. The number of fused-ring (bicyclic) bond motifs is 3. The first-order valence-electron chi connectivity index (χ1n) is 12.2. The number of alkyl halides is 3. The highest BCUT2D eigenvalue weighted by Crippen LogP contribution is 2.59. The van der Waals surface area contributed by atoms with Gasteiger partial charge in [-0.1, -0.05) is 36.4 Å². The number of amides is 2. The molecule has 2 amide bonds. The number of carboxylic acid groups (broad SMARTS) is 1. The van der Waals surface area contributed by atoms with Crippen LogP contribution < -0.4 is 0 Å². The van der Waals surface area contributed by atoms with E-state index >= 15 is 0 Å². The quantitative estimate of drug-likeness (QED) is 0.351. The van der Waals surface area contributed by atoms with E-state index in [1.54, 1.807) is 19.1 Å². The topological polar surface area (TPSA) is 104 Å². The summed E-state index contributed by atoms with van der Waals surface area (Å²) in [5, 5.41) is 7.12. The van der Waals surface area contributed by atoms with Gasteiger partial charge in [0.05, 0.1) is 18.9 Å². The summed E-state index contributed by atoms with van der Waals surface area (Å²) in [6.07, 6.45) is -3.82. The maximum absolute atomic E-state index is 13.3. The lowest BCUT2D eigenvalue weighted by Crippen LogP contribution is -2.54. The van der Waals surface area contributed by atoms with E-state index in [4.69, 9.17) is 14.6 Å². The number of hydrogen-bond acceptors (Lipinski definition) is 6. The summed E-state index contributed by atoms with van der Waals surface area (Å²) in [6, 6.07) is 13.7. The van der Waals surface area contributed by atoms with Gasteiger partial charge in [-0.25, -0.2) is 9.18 Å². The Balaban J connectivity index is 0.000000448.